The Kier molecular flexibility index (Phi) is 9.57. The van der Waals surface area contributed by atoms with Crippen molar-refractivity contribution >= 4 is 41.7 Å². The van der Waals surface area contributed by atoms with E-state index in [0.717, 1.165) is 35.6 Å². The van der Waals surface area contributed by atoms with E-state index in [2.05, 4.69) is 28.9 Å². The van der Waals surface area contributed by atoms with Gasteiger partial charge in [-0.1, -0.05) is 0 Å². The predicted octanol–water partition coefficient (Wildman–Crippen LogP) is 4.01. The third-order valence-corrected chi connectivity index (χ3v) is 5.87. The summed E-state index contributed by atoms with van der Waals surface area (Å²) in [5, 5.41) is 12.2. The zero-order valence-electron chi connectivity index (χ0n) is 16.4. The van der Waals surface area contributed by atoms with Gasteiger partial charge < -0.3 is 10.6 Å². The summed E-state index contributed by atoms with van der Waals surface area (Å²) >= 11 is 1.96. The number of nitrogens with one attached hydrogen (secondary N) is 2. The fraction of sp³-hybridized carbons (Fsp3) is 0.500. The standard InChI is InChI=1S/C20H28FN5S.HI/c1-3-22-20(24-17-6-9-19(14-17)27-2)23-12-10-16-11-13-26(25-16)18-7-4-15(21)5-8-18;/h4-5,7-8,11,13,17,19H,3,6,9-10,12,14H2,1-2H3,(H2,22,23,24);1H. The van der Waals surface area contributed by atoms with Crippen LogP contribution < -0.4 is 10.6 Å². The molecule has 0 radical (unpaired) electrons. The number of thioether (sulfide) groups is 1. The summed E-state index contributed by atoms with van der Waals surface area (Å²) in [6, 6.07) is 8.83. The molecule has 1 heterocycles. The summed E-state index contributed by atoms with van der Waals surface area (Å²) in [5.74, 6) is 0.650. The molecule has 2 unspecified atom stereocenters. The third kappa shape index (κ3) is 6.65. The van der Waals surface area contributed by atoms with Crippen molar-refractivity contribution in [3.63, 3.8) is 0 Å². The molecule has 0 aliphatic heterocycles. The second-order valence-electron chi connectivity index (χ2n) is 6.75. The van der Waals surface area contributed by atoms with Crippen LogP contribution in [0.1, 0.15) is 31.9 Å². The van der Waals surface area contributed by atoms with Gasteiger partial charge in [-0.25, -0.2) is 9.07 Å². The Balaban J connectivity index is 0.00000280. The molecule has 0 bridgehead atoms. The summed E-state index contributed by atoms with van der Waals surface area (Å²) in [6.45, 7) is 3.61. The van der Waals surface area contributed by atoms with E-state index in [9.17, 15) is 4.39 Å². The molecule has 0 spiro atoms. The van der Waals surface area contributed by atoms with Crippen LogP contribution in [0, 0.1) is 5.82 Å². The van der Waals surface area contributed by atoms with Crippen molar-refractivity contribution in [2.24, 2.45) is 4.99 Å². The van der Waals surface area contributed by atoms with Gasteiger partial charge in [0.1, 0.15) is 5.82 Å². The first-order valence-corrected chi connectivity index (χ1v) is 10.8. The summed E-state index contributed by atoms with van der Waals surface area (Å²) in [5.41, 5.74) is 1.83. The van der Waals surface area contributed by atoms with Crippen LogP contribution in [0.3, 0.4) is 0 Å². The molecule has 2 aromatic rings. The maximum Gasteiger partial charge on any atom is 0.191 e. The van der Waals surface area contributed by atoms with Crippen LogP contribution in [0.5, 0.6) is 0 Å². The van der Waals surface area contributed by atoms with E-state index in [1.165, 1.54) is 31.4 Å². The first kappa shape index (κ1) is 23.0. The molecule has 2 N–H and O–H groups in total. The lowest BCUT2D eigenvalue weighted by Crippen LogP contribution is -2.42. The van der Waals surface area contributed by atoms with E-state index in [1.54, 1.807) is 16.8 Å². The van der Waals surface area contributed by atoms with Gasteiger partial charge in [0.05, 0.1) is 11.4 Å². The summed E-state index contributed by atoms with van der Waals surface area (Å²) in [4.78, 5) is 4.71. The Morgan fingerprint density at radius 1 is 1.29 bits per heavy atom. The van der Waals surface area contributed by atoms with Gasteiger partial charge in [-0.15, -0.1) is 24.0 Å². The number of nitrogens with zero attached hydrogens (tertiary/aromatic N) is 3. The summed E-state index contributed by atoms with van der Waals surface area (Å²) in [7, 11) is 0. The third-order valence-electron chi connectivity index (χ3n) is 4.78. The van der Waals surface area contributed by atoms with E-state index >= 15 is 0 Å². The second kappa shape index (κ2) is 11.6. The lowest BCUT2D eigenvalue weighted by Gasteiger charge is -2.17. The molecule has 1 aromatic heterocycles. The average molecular weight is 517 g/mol. The fourth-order valence-electron chi connectivity index (χ4n) is 3.31. The zero-order chi connectivity index (χ0) is 19.1. The molecule has 1 aliphatic rings. The summed E-state index contributed by atoms with van der Waals surface area (Å²) in [6.07, 6.45) is 8.54. The molecule has 2 atom stereocenters. The molecular formula is C20H29FIN5S. The van der Waals surface area contributed by atoms with Gasteiger partial charge >= 0.3 is 0 Å². The normalized spacial score (nSPS) is 19.3. The highest BCUT2D eigenvalue weighted by Gasteiger charge is 2.24. The number of guanidine groups is 1. The maximum absolute atomic E-state index is 13.0. The largest absolute Gasteiger partial charge is 0.357 e. The smallest absolute Gasteiger partial charge is 0.191 e. The molecule has 8 heteroatoms. The zero-order valence-corrected chi connectivity index (χ0v) is 19.5. The fourth-order valence-corrected chi connectivity index (χ4v) is 4.11. The SMILES string of the molecule is CCNC(=NCCc1ccn(-c2ccc(F)cc2)n1)NC1CCC(SC)C1.I. The Labute approximate surface area is 188 Å². The van der Waals surface area contributed by atoms with Gasteiger partial charge in [-0.05, 0) is 62.8 Å². The molecule has 1 aliphatic carbocycles. The molecule has 5 nitrogen and oxygen atoms in total. The van der Waals surface area contributed by atoms with Gasteiger partial charge in [-0.2, -0.15) is 16.9 Å². The van der Waals surface area contributed by atoms with Crippen molar-refractivity contribution in [1.29, 1.82) is 0 Å². The van der Waals surface area contributed by atoms with Crippen LogP contribution in [0.25, 0.3) is 5.69 Å². The Morgan fingerprint density at radius 3 is 2.75 bits per heavy atom. The summed E-state index contributed by atoms with van der Waals surface area (Å²) < 4.78 is 14.8. The highest BCUT2D eigenvalue weighted by molar-refractivity contribution is 14.0. The van der Waals surface area contributed by atoms with Crippen molar-refractivity contribution in [3.05, 3.63) is 48.0 Å². The minimum atomic E-state index is -0.241. The van der Waals surface area contributed by atoms with Crippen LogP contribution in [-0.2, 0) is 6.42 Å². The van der Waals surface area contributed by atoms with Gasteiger partial charge in [0.25, 0.3) is 0 Å². The van der Waals surface area contributed by atoms with E-state index in [-0.39, 0.29) is 29.8 Å². The number of hydrogen-bond acceptors (Lipinski definition) is 3. The first-order valence-electron chi connectivity index (χ1n) is 9.56. The minimum absolute atomic E-state index is 0. The van der Waals surface area contributed by atoms with Gasteiger partial charge in [-0.3, -0.25) is 4.99 Å². The number of rotatable bonds is 7. The number of aromatic nitrogens is 2. The monoisotopic (exact) mass is 517 g/mol. The molecule has 3 rings (SSSR count). The van der Waals surface area contributed by atoms with Crippen LogP contribution in [0.2, 0.25) is 0 Å². The highest BCUT2D eigenvalue weighted by Crippen LogP contribution is 2.28. The second-order valence-corrected chi connectivity index (χ2v) is 7.89. The van der Waals surface area contributed by atoms with E-state index in [4.69, 9.17) is 4.99 Å². The molecule has 154 valence electrons. The van der Waals surface area contributed by atoms with Crippen molar-refractivity contribution in [1.82, 2.24) is 20.4 Å². The molecule has 0 saturated heterocycles. The van der Waals surface area contributed by atoms with E-state index in [1.807, 2.05) is 24.0 Å². The first-order chi connectivity index (χ1) is 13.2. The molecular weight excluding hydrogens is 488 g/mol. The van der Waals surface area contributed by atoms with Gasteiger partial charge in [0.15, 0.2) is 5.96 Å². The molecule has 0 amide bonds. The van der Waals surface area contributed by atoms with Crippen LogP contribution in [0.4, 0.5) is 4.39 Å². The predicted molar refractivity (Wildman–Crippen MR) is 127 cm³/mol. The molecule has 28 heavy (non-hydrogen) atoms. The topological polar surface area (TPSA) is 54.2 Å². The average Bonchev–Trinajstić information content (AvgIpc) is 3.32. The van der Waals surface area contributed by atoms with Crippen molar-refractivity contribution in [2.75, 3.05) is 19.3 Å². The van der Waals surface area contributed by atoms with E-state index in [0.29, 0.717) is 12.6 Å². The molecule has 1 saturated carbocycles. The number of aliphatic imine (C=N–C) groups is 1. The Bertz CT molecular complexity index is 749. The Hall–Kier alpha value is -1.29. The number of hydrogen-bond donors (Lipinski definition) is 2. The van der Waals surface area contributed by atoms with Crippen LogP contribution in [-0.4, -0.2) is 46.4 Å². The number of halogens is 2. The maximum atomic E-state index is 13.0. The van der Waals surface area contributed by atoms with Gasteiger partial charge in [0, 0.05) is 37.0 Å². The van der Waals surface area contributed by atoms with Crippen LogP contribution in [0.15, 0.2) is 41.5 Å². The van der Waals surface area contributed by atoms with Crippen molar-refractivity contribution in [2.45, 2.75) is 43.9 Å². The van der Waals surface area contributed by atoms with E-state index < -0.39 is 0 Å². The minimum Gasteiger partial charge on any atom is -0.357 e. The molecule has 1 aromatic carbocycles. The van der Waals surface area contributed by atoms with Gasteiger partial charge in [0.2, 0.25) is 0 Å². The van der Waals surface area contributed by atoms with Crippen LogP contribution >= 0.6 is 35.7 Å². The Morgan fingerprint density at radius 2 is 2.07 bits per heavy atom. The van der Waals surface area contributed by atoms with Crippen molar-refractivity contribution < 1.29 is 4.39 Å². The van der Waals surface area contributed by atoms with Crippen molar-refractivity contribution in [3.8, 4) is 5.69 Å². The number of benzene rings is 1. The highest BCUT2D eigenvalue weighted by atomic mass is 127. The quantitative estimate of drug-likeness (QED) is 0.331. The lowest BCUT2D eigenvalue weighted by atomic mass is 10.2. The lowest BCUT2D eigenvalue weighted by molar-refractivity contribution is 0.615. The molecule has 1 fully saturated rings.